The third-order valence-electron chi connectivity index (χ3n) is 5.45. The normalized spacial score (nSPS) is 15.6. The maximum atomic E-state index is 14.0. The van der Waals surface area contributed by atoms with Gasteiger partial charge in [0.05, 0.1) is 0 Å². The maximum Gasteiger partial charge on any atom is 0.244 e. The van der Waals surface area contributed by atoms with Gasteiger partial charge in [0.15, 0.2) is 0 Å². The van der Waals surface area contributed by atoms with E-state index in [9.17, 15) is 13.6 Å². The number of hydrogen-bond acceptors (Lipinski definition) is 4. The van der Waals surface area contributed by atoms with Crippen LogP contribution in [-0.2, 0) is 4.79 Å². The molecule has 1 amide bonds. The summed E-state index contributed by atoms with van der Waals surface area (Å²) in [6, 6.07) is 8.06. The van der Waals surface area contributed by atoms with Crippen LogP contribution in [0.2, 0.25) is 0 Å². The molecule has 1 saturated heterocycles. The third kappa shape index (κ3) is 3.65. The summed E-state index contributed by atoms with van der Waals surface area (Å²) in [5.41, 5.74) is 8.21. The molecule has 1 aliphatic heterocycles. The number of pyridine rings is 1. The first-order chi connectivity index (χ1) is 14.0. The molecule has 1 unspecified atom stereocenters. The number of hydrogen-bond donors (Lipinski definition) is 1. The van der Waals surface area contributed by atoms with E-state index >= 15 is 0 Å². The third-order valence-corrected chi connectivity index (χ3v) is 5.45. The van der Waals surface area contributed by atoms with E-state index in [1.165, 1.54) is 6.07 Å². The minimum absolute atomic E-state index is 0.0102. The Morgan fingerprint density at radius 3 is 2.59 bits per heavy atom. The quantitative estimate of drug-likeness (QED) is 0.739. The number of amides is 1. The summed E-state index contributed by atoms with van der Waals surface area (Å²) in [7, 11) is 0. The average molecular weight is 396 g/mol. The number of rotatable bonds is 3. The van der Waals surface area contributed by atoms with Crippen LogP contribution in [0.25, 0.3) is 10.8 Å². The monoisotopic (exact) mass is 396 g/mol. The summed E-state index contributed by atoms with van der Waals surface area (Å²) in [5.74, 6) is -1.85. The van der Waals surface area contributed by atoms with E-state index in [1.807, 2.05) is 31.5 Å². The van der Waals surface area contributed by atoms with Gasteiger partial charge in [0.25, 0.3) is 0 Å². The van der Waals surface area contributed by atoms with Crippen molar-refractivity contribution in [1.29, 1.82) is 0 Å². The van der Waals surface area contributed by atoms with Crippen molar-refractivity contribution >= 4 is 22.4 Å². The molecule has 0 bridgehead atoms. The Bertz CT molecular complexity index is 1060. The zero-order valence-electron chi connectivity index (χ0n) is 16.1. The highest BCUT2D eigenvalue weighted by atomic mass is 19.1. The molecule has 4 rings (SSSR count). The van der Waals surface area contributed by atoms with E-state index in [4.69, 9.17) is 5.73 Å². The highest BCUT2D eigenvalue weighted by Gasteiger charge is 2.28. The lowest BCUT2D eigenvalue weighted by Gasteiger charge is -2.37. The van der Waals surface area contributed by atoms with E-state index < -0.39 is 17.7 Å². The first kappa shape index (κ1) is 19.3. The summed E-state index contributed by atoms with van der Waals surface area (Å²) in [6.07, 6.45) is 3.70. The summed E-state index contributed by atoms with van der Waals surface area (Å²) < 4.78 is 27.1. The Balaban J connectivity index is 1.49. The Morgan fingerprint density at radius 1 is 1.10 bits per heavy atom. The topological polar surface area (TPSA) is 62.5 Å². The molecule has 0 saturated carbocycles. The number of halogens is 2. The van der Waals surface area contributed by atoms with Gasteiger partial charge >= 0.3 is 0 Å². The molecular formula is C22H22F2N4O. The van der Waals surface area contributed by atoms with Gasteiger partial charge in [-0.2, -0.15) is 0 Å². The minimum Gasteiger partial charge on any atom is -0.367 e. The fraction of sp³-hybridized carbons (Fsp3) is 0.273. The molecule has 1 atom stereocenters. The van der Waals surface area contributed by atoms with Crippen LogP contribution in [0, 0.1) is 18.6 Å². The molecule has 2 N–H and O–H groups in total. The molecule has 5 nitrogen and oxygen atoms in total. The smallest absolute Gasteiger partial charge is 0.244 e. The second kappa shape index (κ2) is 7.75. The summed E-state index contributed by atoms with van der Waals surface area (Å²) in [5, 5.41) is 2.24. The summed E-state index contributed by atoms with van der Waals surface area (Å²) in [6.45, 7) is 4.29. The zero-order chi connectivity index (χ0) is 20.5. The van der Waals surface area contributed by atoms with Crippen molar-refractivity contribution in [2.75, 3.05) is 31.1 Å². The van der Waals surface area contributed by atoms with Crippen molar-refractivity contribution in [1.82, 2.24) is 9.88 Å². The van der Waals surface area contributed by atoms with Crippen molar-refractivity contribution in [3.8, 4) is 0 Å². The first-order valence-electron chi connectivity index (χ1n) is 9.53. The van der Waals surface area contributed by atoms with Crippen molar-refractivity contribution in [3.05, 3.63) is 71.6 Å². The van der Waals surface area contributed by atoms with Crippen LogP contribution in [0.3, 0.4) is 0 Å². The molecular weight excluding hydrogens is 374 g/mol. The molecule has 0 radical (unpaired) electrons. The van der Waals surface area contributed by atoms with Gasteiger partial charge in [0.1, 0.15) is 17.7 Å². The molecule has 29 heavy (non-hydrogen) atoms. The van der Waals surface area contributed by atoms with E-state index in [0.29, 0.717) is 26.2 Å². The Hall–Kier alpha value is -3.06. The van der Waals surface area contributed by atoms with Crippen LogP contribution >= 0.6 is 0 Å². The molecule has 7 heteroatoms. The van der Waals surface area contributed by atoms with Gasteiger partial charge in [-0.3, -0.25) is 9.78 Å². The van der Waals surface area contributed by atoms with Crippen LogP contribution in [0.4, 0.5) is 14.5 Å². The standard InChI is InChI=1S/C22H22F2N4O/c1-14-12-26-13-15-3-2-4-19(20(14)15)27-7-9-28(10-8-27)22(29)21(25)17-6-5-16(23)11-18(17)24/h2-6,11-13,21H,7-10,25H2,1H3. The molecule has 1 aliphatic rings. The highest BCUT2D eigenvalue weighted by Crippen LogP contribution is 2.30. The Labute approximate surface area is 167 Å². The Morgan fingerprint density at radius 2 is 1.86 bits per heavy atom. The predicted octanol–water partition coefficient (Wildman–Crippen LogP) is 3.17. The number of carbonyl (C=O) groups excluding carboxylic acids is 1. The van der Waals surface area contributed by atoms with E-state index in [0.717, 1.165) is 34.2 Å². The maximum absolute atomic E-state index is 14.0. The lowest BCUT2D eigenvalue weighted by Crippen LogP contribution is -2.51. The molecule has 2 heterocycles. The molecule has 150 valence electrons. The number of aromatic nitrogens is 1. The number of aryl methyl sites for hydroxylation is 1. The Kier molecular flexibility index (Phi) is 5.15. The highest BCUT2D eigenvalue weighted by molar-refractivity contribution is 5.96. The fourth-order valence-electron chi connectivity index (χ4n) is 3.90. The van der Waals surface area contributed by atoms with E-state index in [1.54, 1.807) is 4.90 Å². The minimum atomic E-state index is -1.15. The molecule has 2 aromatic carbocycles. The van der Waals surface area contributed by atoms with Crippen LogP contribution in [0.15, 0.2) is 48.8 Å². The van der Waals surface area contributed by atoms with Gasteiger partial charge < -0.3 is 15.5 Å². The molecule has 3 aromatic rings. The largest absolute Gasteiger partial charge is 0.367 e. The average Bonchev–Trinajstić information content (AvgIpc) is 2.73. The number of fused-ring (bicyclic) bond motifs is 1. The number of carbonyl (C=O) groups is 1. The van der Waals surface area contributed by atoms with Crippen LogP contribution < -0.4 is 10.6 Å². The number of piperazine rings is 1. The molecule has 1 fully saturated rings. The lowest BCUT2D eigenvalue weighted by molar-refractivity contribution is -0.133. The van der Waals surface area contributed by atoms with Gasteiger partial charge in [-0.1, -0.05) is 18.2 Å². The first-order valence-corrected chi connectivity index (χ1v) is 9.53. The second-order valence-electron chi connectivity index (χ2n) is 7.29. The van der Waals surface area contributed by atoms with Gasteiger partial charge in [-0.05, 0) is 24.6 Å². The van der Waals surface area contributed by atoms with Crippen molar-refractivity contribution in [3.63, 3.8) is 0 Å². The fourth-order valence-corrected chi connectivity index (χ4v) is 3.90. The zero-order valence-corrected chi connectivity index (χ0v) is 16.1. The number of anilines is 1. The van der Waals surface area contributed by atoms with Gasteiger partial charge in [-0.15, -0.1) is 0 Å². The lowest BCUT2D eigenvalue weighted by atomic mass is 10.0. The number of nitrogens with two attached hydrogens (primary N) is 1. The second-order valence-corrected chi connectivity index (χ2v) is 7.29. The van der Waals surface area contributed by atoms with Crippen molar-refractivity contribution in [2.24, 2.45) is 5.73 Å². The van der Waals surface area contributed by atoms with Gasteiger partial charge in [-0.25, -0.2) is 8.78 Å². The molecule has 1 aromatic heterocycles. The van der Waals surface area contributed by atoms with E-state index in [2.05, 4.69) is 16.0 Å². The summed E-state index contributed by atoms with van der Waals surface area (Å²) >= 11 is 0. The number of nitrogens with zero attached hydrogens (tertiary/aromatic N) is 3. The van der Waals surface area contributed by atoms with Gasteiger partial charge in [0, 0.05) is 66.7 Å². The SMILES string of the molecule is Cc1cncc2cccc(N3CCN(C(=O)C(N)c4ccc(F)cc4F)CC3)c12. The summed E-state index contributed by atoms with van der Waals surface area (Å²) in [4.78, 5) is 20.9. The molecule has 0 aliphatic carbocycles. The van der Waals surface area contributed by atoms with Crippen LogP contribution in [0.1, 0.15) is 17.2 Å². The van der Waals surface area contributed by atoms with Crippen molar-refractivity contribution < 1.29 is 13.6 Å². The van der Waals surface area contributed by atoms with Crippen LogP contribution in [0.5, 0.6) is 0 Å². The van der Waals surface area contributed by atoms with Crippen LogP contribution in [-0.4, -0.2) is 42.0 Å². The van der Waals surface area contributed by atoms with Gasteiger partial charge in [0.2, 0.25) is 5.91 Å². The van der Waals surface area contributed by atoms with E-state index in [-0.39, 0.29) is 11.5 Å². The molecule has 0 spiro atoms. The number of benzene rings is 2. The van der Waals surface area contributed by atoms with Crippen molar-refractivity contribution in [2.45, 2.75) is 13.0 Å². The predicted molar refractivity (Wildman–Crippen MR) is 109 cm³/mol.